The molecule has 3 rings (SSSR count). The summed E-state index contributed by atoms with van der Waals surface area (Å²) in [6.07, 6.45) is 1.96. The van der Waals surface area contributed by atoms with Crippen molar-refractivity contribution in [1.82, 2.24) is 0 Å². The number of benzene rings is 2. The SMILES string of the molecule is COc1ccc(C(=O)C[C@H](Sc2ccccc2)c2ccco2)cc1OC. The molecular formula is C21H20O4S. The Kier molecular flexibility index (Phi) is 6.02. The molecule has 0 aliphatic rings. The van der Waals surface area contributed by atoms with Gasteiger partial charge in [-0.1, -0.05) is 18.2 Å². The lowest BCUT2D eigenvalue weighted by Crippen LogP contribution is -2.05. The molecule has 0 amide bonds. The summed E-state index contributed by atoms with van der Waals surface area (Å²) in [6.45, 7) is 0. The van der Waals surface area contributed by atoms with Crippen LogP contribution in [0.4, 0.5) is 0 Å². The smallest absolute Gasteiger partial charge is 0.164 e. The maximum Gasteiger partial charge on any atom is 0.164 e. The molecule has 0 aliphatic carbocycles. The minimum Gasteiger partial charge on any atom is -0.493 e. The summed E-state index contributed by atoms with van der Waals surface area (Å²) < 4.78 is 16.1. The second kappa shape index (κ2) is 8.63. The van der Waals surface area contributed by atoms with E-state index in [1.54, 1.807) is 50.4 Å². The number of ketones is 1. The van der Waals surface area contributed by atoms with Gasteiger partial charge in [0.25, 0.3) is 0 Å². The molecule has 0 N–H and O–H groups in total. The molecule has 2 aromatic carbocycles. The van der Waals surface area contributed by atoms with E-state index >= 15 is 0 Å². The van der Waals surface area contributed by atoms with Gasteiger partial charge in [-0.25, -0.2) is 0 Å². The average molecular weight is 368 g/mol. The van der Waals surface area contributed by atoms with E-state index in [0.29, 0.717) is 23.5 Å². The van der Waals surface area contributed by atoms with Crippen LogP contribution in [0.3, 0.4) is 0 Å². The molecule has 0 aliphatic heterocycles. The maximum atomic E-state index is 12.9. The van der Waals surface area contributed by atoms with Crippen LogP contribution in [0.25, 0.3) is 0 Å². The first-order valence-corrected chi connectivity index (χ1v) is 9.09. The molecule has 5 heteroatoms. The van der Waals surface area contributed by atoms with Crippen molar-refractivity contribution < 1.29 is 18.7 Å². The zero-order valence-corrected chi connectivity index (χ0v) is 15.5. The Hall–Kier alpha value is -2.66. The number of Topliss-reactive ketones (excluding diaryl/α,β-unsaturated/α-hetero) is 1. The number of hydrogen-bond donors (Lipinski definition) is 0. The van der Waals surface area contributed by atoms with Crippen LogP contribution in [0.15, 0.2) is 76.2 Å². The van der Waals surface area contributed by atoms with Crippen LogP contribution in [0.5, 0.6) is 11.5 Å². The van der Waals surface area contributed by atoms with Crippen LogP contribution in [-0.4, -0.2) is 20.0 Å². The predicted molar refractivity (Wildman–Crippen MR) is 102 cm³/mol. The molecule has 0 saturated heterocycles. The van der Waals surface area contributed by atoms with Gasteiger partial charge in [-0.2, -0.15) is 0 Å². The Morgan fingerprint density at radius 2 is 1.77 bits per heavy atom. The number of furan rings is 1. The second-order valence-electron chi connectivity index (χ2n) is 5.63. The number of hydrogen-bond acceptors (Lipinski definition) is 5. The lowest BCUT2D eigenvalue weighted by molar-refractivity contribution is 0.0979. The standard InChI is InChI=1S/C21H20O4S/c1-23-18-11-10-15(13-20(18)24-2)17(22)14-21(19-9-6-12-25-19)26-16-7-4-3-5-8-16/h3-13,21H,14H2,1-2H3/t21-/m0/s1. The molecule has 134 valence electrons. The fourth-order valence-corrected chi connectivity index (χ4v) is 3.76. The molecule has 1 aromatic heterocycles. The van der Waals surface area contributed by atoms with Crippen LogP contribution < -0.4 is 9.47 Å². The van der Waals surface area contributed by atoms with E-state index in [-0.39, 0.29) is 11.0 Å². The minimum absolute atomic E-state index is 0.0239. The van der Waals surface area contributed by atoms with E-state index in [9.17, 15) is 4.79 Å². The number of rotatable bonds is 8. The highest BCUT2D eigenvalue weighted by molar-refractivity contribution is 7.99. The minimum atomic E-state index is -0.104. The van der Waals surface area contributed by atoms with Gasteiger partial charge < -0.3 is 13.9 Å². The summed E-state index contributed by atoms with van der Waals surface area (Å²) in [6, 6.07) is 19.0. The fourth-order valence-electron chi connectivity index (χ4n) is 2.63. The molecule has 26 heavy (non-hydrogen) atoms. The largest absolute Gasteiger partial charge is 0.493 e. The Bertz CT molecular complexity index is 844. The van der Waals surface area contributed by atoms with E-state index < -0.39 is 0 Å². The van der Waals surface area contributed by atoms with Crippen molar-refractivity contribution in [3.63, 3.8) is 0 Å². The van der Waals surface area contributed by atoms with Crippen molar-refractivity contribution >= 4 is 17.5 Å². The van der Waals surface area contributed by atoms with Gasteiger partial charge in [0.1, 0.15) is 5.76 Å². The quantitative estimate of drug-likeness (QED) is 0.393. The molecule has 0 saturated carbocycles. The van der Waals surface area contributed by atoms with E-state index in [1.165, 1.54) is 0 Å². The van der Waals surface area contributed by atoms with Gasteiger partial charge in [0.2, 0.25) is 0 Å². The molecule has 0 spiro atoms. The Labute approximate surface area is 157 Å². The zero-order valence-electron chi connectivity index (χ0n) is 14.7. The van der Waals surface area contributed by atoms with Crippen LogP contribution in [-0.2, 0) is 0 Å². The van der Waals surface area contributed by atoms with Crippen molar-refractivity contribution in [2.75, 3.05) is 14.2 Å². The highest BCUT2D eigenvalue weighted by Crippen LogP contribution is 2.39. The molecular weight excluding hydrogens is 348 g/mol. The molecule has 0 bridgehead atoms. The molecule has 0 fully saturated rings. The van der Waals surface area contributed by atoms with Gasteiger partial charge in [0.05, 0.1) is 25.7 Å². The maximum absolute atomic E-state index is 12.9. The molecule has 4 nitrogen and oxygen atoms in total. The van der Waals surface area contributed by atoms with Gasteiger partial charge >= 0.3 is 0 Å². The van der Waals surface area contributed by atoms with Crippen molar-refractivity contribution in [3.8, 4) is 11.5 Å². The zero-order chi connectivity index (χ0) is 18.4. The van der Waals surface area contributed by atoms with E-state index in [4.69, 9.17) is 13.9 Å². The molecule has 3 aromatic rings. The lowest BCUT2D eigenvalue weighted by Gasteiger charge is -2.14. The third kappa shape index (κ3) is 4.29. The van der Waals surface area contributed by atoms with Crippen LogP contribution in [0, 0.1) is 0 Å². The van der Waals surface area contributed by atoms with Crippen LogP contribution >= 0.6 is 11.8 Å². The average Bonchev–Trinajstić information content (AvgIpc) is 3.22. The van der Waals surface area contributed by atoms with Crippen LogP contribution in [0.2, 0.25) is 0 Å². The number of carbonyl (C=O) groups excluding carboxylic acids is 1. The van der Waals surface area contributed by atoms with Crippen LogP contribution in [0.1, 0.15) is 27.8 Å². The summed E-state index contributed by atoms with van der Waals surface area (Å²) in [5, 5.41) is -0.104. The third-order valence-electron chi connectivity index (χ3n) is 3.96. The summed E-state index contributed by atoms with van der Waals surface area (Å²) in [4.78, 5) is 13.9. The molecule has 1 heterocycles. The first-order chi connectivity index (χ1) is 12.7. The number of methoxy groups -OCH3 is 2. The molecule has 0 radical (unpaired) electrons. The summed E-state index contributed by atoms with van der Waals surface area (Å²) in [5.74, 6) is 1.96. The van der Waals surface area contributed by atoms with Crippen molar-refractivity contribution in [2.45, 2.75) is 16.6 Å². The van der Waals surface area contributed by atoms with Gasteiger partial charge in [0, 0.05) is 16.9 Å². The topological polar surface area (TPSA) is 48.7 Å². The highest BCUT2D eigenvalue weighted by Gasteiger charge is 2.21. The Morgan fingerprint density at radius 1 is 1.00 bits per heavy atom. The van der Waals surface area contributed by atoms with Gasteiger partial charge in [-0.05, 0) is 42.5 Å². The van der Waals surface area contributed by atoms with E-state index in [1.807, 2.05) is 42.5 Å². The lowest BCUT2D eigenvalue weighted by atomic mass is 10.0. The third-order valence-corrected chi connectivity index (χ3v) is 5.19. The Balaban J connectivity index is 1.81. The summed E-state index contributed by atoms with van der Waals surface area (Å²) in [5.41, 5.74) is 0.591. The fraction of sp³-hybridized carbons (Fsp3) is 0.190. The summed E-state index contributed by atoms with van der Waals surface area (Å²) in [7, 11) is 3.13. The monoisotopic (exact) mass is 368 g/mol. The van der Waals surface area contributed by atoms with Gasteiger partial charge in [-0.15, -0.1) is 11.8 Å². The predicted octanol–water partition coefficient (Wildman–Crippen LogP) is 5.40. The van der Waals surface area contributed by atoms with Crippen molar-refractivity contribution in [3.05, 3.63) is 78.3 Å². The normalized spacial score (nSPS) is 11.8. The molecule has 1 atom stereocenters. The first-order valence-electron chi connectivity index (χ1n) is 8.21. The number of ether oxygens (including phenoxy) is 2. The van der Waals surface area contributed by atoms with E-state index in [2.05, 4.69) is 0 Å². The first kappa shape index (κ1) is 18.1. The number of carbonyl (C=O) groups is 1. The second-order valence-corrected chi connectivity index (χ2v) is 6.91. The van der Waals surface area contributed by atoms with Crippen molar-refractivity contribution in [1.29, 1.82) is 0 Å². The molecule has 0 unspecified atom stereocenters. The summed E-state index contributed by atoms with van der Waals surface area (Å²) >= 11 is 1.62. The number of thioether (sulfide) groups is 1. The van der Waals surface area contributed by atoms with Crippen molar-refractivity contribution in [2.24, 2.45) is 0 Å². The highest BCUT2D eigenvalue weighted by atomic mass is 32.2. The van der Waals surface area contributed by atoms with Gasteiger partial charge in [-0.3, -0.25) is 4.79 Å². The van der Waals surface area contributed by atoms with Gasteiger partial charge in [0.15, 0.2) is 17.3 Å². The van der Waals surface area contributed by atoms with E-state index in [0.717, 1.165) is 10.7 Å². The Morgan fingerprint density at radius 3 is 2.42 bits per heavy atom.